The Bertz CT molecular complexity index is 1100. The highest BCUT2D eigenvalue weighted by Gasteiger charge is 2.74. The Morgan fingerprint density at radius 1 is 1.12 bits per heavy atom. The molecule has 0 heterocycles. The van der Waals surface area contributed by atoms with Gasteiger partial charge in [0, 0.05) is 11.0 Å². The first-order chi connectivity index (χ1) is 15.8. The lowest BCUT2D eigenvalue weighted by Crippen LogP contribution is -2.57. The minimum Gasteiger partial charge on any atom is -0.389 e. The van der Waals surface area contributed by atoms with Crippen LogP contribution in [0.5, 0.6) is 0 Å². The Hall–Kier alpha value is -2.74. The summed E-state index contributed by atoms with van der Waals surface area (Å²) in [6, 6.07) is 2.17. The summed E-state index contributed by atoms with van der Waals surface area (Å²) < 4.78 is 52.0. The summed E-state index contributed by atoms with van der Waals surface area (Å²) in [6.07, 6.45) is 5.16. The number of alkyl halides is 3. The average molecular weight is 477 g/mol. The molecule has 4 saturated carbocycles. The van der Waals surface area contributed by atoms with E-state index in [0.29, 0.717) is 11.5 Å². The molecule has 1 amide bonds. The van der Waals surface area contributed by atoms with E-state index in [1.165, 1.54) is 25.7 Å². The van der Waals surface area contributed by atoms with Crippen LogP contribution in [0.15, 0.2) is 54.9 Å². The van der Waals surface area contributed by atoms with Crippen molar-refractivity contribution in [3.05, 3.63) is 71.6 Å². The van der Waals surface area contributed by atoms with Crippen LogP contribution in [0, 0.1) is 23.2 Å². The molecule has 3 bridgehead atoms. The van der Waals surface area contributed by atoms with Crippen LogP contribution in [0.2, 0.25) is 0 Å². The van der Waals surface area contributed by atoms with E-state index >= 15 is 0 Å². The molecule has 0 aromatic heterocycles. The summed E-state index contributed by atoms with van der Waals surface area (Å²) in [5, 5.41) is 10.4. The van der Waals surface area contributed by atoms with Gasteiger partial charge >= 0.3 is 6.18 Å². The summed E-state index contributed by atoms with van der Waals surface area (Å²) in [5.41, 5.74) is 2.02. The number of amides is 1. The predicted octanol–water partition coefficient (Wildman–Crippen LogP) is 5.53. The summed E-state index contributed by atoms with van der Waals surface area (Å²) in [5.74, 6) is -0.582. The molecule has 0 radical (unpaired) electrons. The molecule has 4 nitrogen and oxygen atoms in total. The number of benzene rings is 1. The van der Waals surface area contributed by atoms with Gasteiger partial charge < -0.3 is 10.8 Å². The number of nitrogens with two attached hydrogens (primary N) is 1. The van der Waals surface area contributed by atoms with E-state index in [1.54, 1.807) is 0 Å². The third kappa shape index (κ3) is 3.82. The van der Waals surface area contributed by atoms with Crippen molar-refractivity contribution < 1.29 is 32.3 Å². The number of hydrogen-bond donors (Lipinski definition) is 2. The van der Waals surface area contributed by atoms with Gasteiger partial charge in [0.2, 0.25) is 5.91 Å². The minimum absolute atomic E-state index is 0.173. The second-order valence-corrected chi connectivity index (χ2v) is 10.1. The highest BCUT2D eigenvalue weighted by molar-refractivity contribution is 6.11. The number of carbonyl (C=O) groups excluding carboxylic acids is 2. The van der Waals surface area contributed by atoms with Gasteiger partial charge in [0.1, 0.15) is 5.83 Å². The van der Waals surface area contributed by atoms with E-state index in [2.05, 4.69) is 13.2 Å². The minimum atomic E-state index is -4.89. The van der Waals surface area contributed by atoms with Gasteiger partial charge in [0.05, 0.1) is 22.3 Å². The van der Waals surface area contributed by atoms with Crippen molar-refractivity contribution >= 4 is 11.7 Å². The van der Waals surface area contributed by atoms with Gasteiger partial charge in [-0.1, -0.05) is 25.3 Å². The first-order valence-electron chi connectivity index (χ1n) is 11.3. The molecule has 1 aromatic rings. The third-order valence-electron chi connectivity index (χ3n) is 8.18. The standard InChI is InChI=1S/C15H11F4NO2.C11H16O/c1-3-4-10(8(2)16)13(21)9-5-6-11(14(20)22)12(7-9)15(17,18)19;12-11-5-8-1-7-2-9(6-11)10(11,3-7)4-8/h3-7H,1-2H2,(H2,20,22);7-9,12H,1-6H2/b10-4+;. The van der Waals surface area contributed by atoms with Crippen LogP contribution >= 0.6 is 0 Å². The van der Waals surface area contributed by atoms with Gasteiger partial charge in [-0.2, -0.15) is 13.2 Å². The molecule has 1 aromatic carbocycles. The smallest absolute Gasteiger partial charge is 0.389 e. The number of ketones is 1. The van der Waals surface area contributed by atoms with E-state index in [0.717, 1.165) is 54.9 Å². The number of primary amides is 1. The number of fused-ring (bicyclic) bond motifs is 2. The molecule has 4 aliphatic rings. The monoisotopic (exact) mass is 477 g/mol. The maximum absolute atomic E-state index is 13.2. The van der Waals surface area contributed by atoms with Crippen LogP contribution in [0.3, 0.4) is 0 Å². The topological polar surface area (TPSA) is 80.4 Å². The number of Topliss-reactive ketones (excluding diaryl/α,β-unsaturated/α-hetero) is 1. The number of carbonyl (C=O) groups is 2. The fourth-order valence-corrected chi connectivity index (χ4v) is 7.03. The number of allylic oxidation sites excluding steroid dienone is 4. The molecular weight excluding hydrogens is 450 g/mol. The second-order valence-electron chi connectivity index (χ2n) is 10.1. The highest BCUT2D eigenvalue weighted by Crippen LogP contribution is 2.77. The van der Waals surface area contributed by atoms with E-state index in [1.807, 2.05) is 0 Å². The Morgan fingerprint density at radius 3 is 2.38 bits per heavy atom. The molecule has 8 heteroatoms. The van der Waals surface area contributed by atoms with Crippen molar-refractivity contribution in [2.24, 2.45) is 28.9 Å². The predicted molar refractivity (Wildman–Crippen MR) is 118 cm³/mol. The van der Waals surface area contributed by atoms with Gasteiger partial charge in [-0.05, 0) is 74.5 Å². The second kappa shape index (κ2) is 8.18. The Balaban J connectivity index is 0.000000186. The molecule has 4 fully saturated rings. The van der Waals surface area contributed by atoms with Gasteiger partial charge in [-0.15, -0.1) is 0 Å². The van der Waals surface area contributed by atoms with Gasteiger partial charge in [-0.3, -0.25) is 9.59 Å². The molecule has 5 rings (SSSR count). The molecule has 3 N–H and O–H groups in total. The van der Waals surface area contributed by atoms with Crippen molar-refractivity contribution in [3.63, 3.8) is 0 Å². The van der Waals surface area contributed by atoms with Crippen molar-refractivity contribution in [3.8, 4) is 0 Å². The van der Waals surface area contributed by atoms with Crippen molar-refractivity contribution in [1.82, 2.24) is 0 Å². The molecule has 0 saturated heterocycles. The molecule has 34 heavy (non-hydrogen) atoms. The quantitative estimate of drug-likeness (QED) is 0.253. The number of rotatable bonds is 5. The zero-order valence-corrected chi connectivity index (χ0v) is 18.6. The Labute approximate surface area is 195 Å². The zero-order valence-electron chi connectivity index (χ0n) is 18.6. The van der Waals surface area contributed by atoms with Crippen molar-refractivity contribution in [2.75, 3.05) is 0 Å². The van der Waals surface area contributed by atoms with Crippen LogP contribution in [-0.2, 0) is 6.18 Å². The summed E-state index contributed by atoms with van der Waals surface area (Å²) in [4.78, 5) is 23.1. The van der Waals surface area contributed by atoms with Crippen molar-refractivity contribution in [2.45, 2.75) is 50.3 Å². The molecular formula is C26H27F4NO3. The summed E-state index contributed by atoms with van der Waals surface area (Å²) in [7, 11) is 0. The molecule has 182 valence electrons. The van der Waals surface area contributed by atoms with E-state index in [9.17, 15) is 32.3 Å². The van der Waals surface area contributed by atoms with Gasteiger partial charge in [0.15, 0.2) is 5.78 Å². The van der Waals surface area contributed by atoms with Crippen LogP contribution < -0.4 is 5.73 Å². The lowest BCUT2D eigenvalue weighted by molar-refractivity contribution is -0.176. The van der Waals surface area contributed by atoms with Gasteiger partial charge in [0.25, 0.3) is 0 Å². The third-order valence-corrected chi connectivity index (χ3v) is 8.18. The Morgan fingerprint density at radius 2 is 1.79 bits per heavy atom. The van der Waals surface area contributed by atoms with Crippen molar-refractivity contribution in [1.29, 1.82) is 0 Å². The van der Waals surface area contributed by atoms with Crippen LogP contribution in [-0.4, -0.2) is 22.4 Å². The lowest BCUT2D eigenvalue weighted by Gasteiger charge is -2.55. The summed E-state index contributed by atoms with van der Waals surface area (Å²) in [6.45, 7) is 6.21. The number of hydrogen-bond acceptors (Lipinski definition) is 3. The first kappa shape index (κ1) is 24.4. The van der Waals surface area contributed by atoms with Crippen LogP contribution in [0.4, 0.5) is 17.6 Å². The zero-order chi connectivity index (χ0) is 25.1. The summed E-state index contributed by atoms with van der Waals surface area (Å²) >= 11 is 0. The van der Waals surface area contributed by atoms with Crippen LogP contribution in [0.1, 0.15) is 64.8 Å². The van der Waals surface area contributed by atoms with Crippen LogP contribution in [0.25, 0.3) is 0 Å². The fraction of sp³-hybridized carbons (Fsp3) is 0.462. The molecule has 5 unspecified atom stereocenters. The lowest BCUT2D eigenvalue weighted by atomic mass is 9.53. The largest absolute Gasteiger partial charge is 0.417 e. The fourth-order valence-electron chi connectivity index (χ4n) is 7.03. The molecule has 5 atom stereocenters. The average Bonchev–Trinajstić information content (AvgIpc) is 3.05. The van der Waals surface area contributed by atoms with E-state index in [-0.39, 0.29) is 5.60 Å². The molecule has 1 spiro atoms. The van der Waals surface area contributed by atoms with Gasteiger partial charge in [-0.25, -0.2) is 4.39 Å². The molecule has 4 aliphatic carbocycles. The SMILES string of the molecule is C=C/C=C(\C(=C)F)C(=O)c1ccc(C(N)=O)c(C(F)(F)F)c1.OC12CC3CC4CC(C1)C2(C4)C3. The maximum atomic E-state index is 13.2. The van der Waals surface area contributed by atoms with E-state index < -0.39 is 46.0 Å². The Kier molecular flexibility index (Phi) is 5.87. The highest BCUT2D eigenvalue weighted by atomic mass is 19.4. The normalized spacial score (nSPS) is 32.9. The number of halogens is 4. The first-order valence-corrected chi connectivity index (χ1v) is 11.3. The maximum Gasteiger partial charge on any atom is 0.417 e. The molecule has 0 aliphatic heterocycles. The van der Waals surface area contributed by atoms with E-state index in [4.69, 9.17) is 5.73 Å². The number of aliphatic hydroxyl groups is 1.